The predicted molar refractivity (Wildman–Crippen MR) is 106 cm³/mol. The lowest BCUT2D eigenvalue weighted by atomic mass is 9.72. The molecule has 0 spiro atoms. The molecule has 5 nitrogen and oxygen atoms in total. The number of rotatable bonds is 2. The number of aliphatic hydroxyl groups excluding tert-OH is 1. The Morgan fingerprint density at radius 1 is 1.19 bits per heavy atom. The van der Waals surface area contributed by atoms with Crippen molar-refractivity contribution in [1.29, 1.82) is 0 Å². The number of carbonyl (C=O) groups excluding carboxylic acids is 1. The Morgan fingerprint density at radius 2 is 2.07 bits per heavy atom. The lowest BCUT2D eigenvalue weighted by molar-refractivity contribution is -0.0795. The molecule has 1 aromatic carbocycles. The van der Waals surface area contributed by atoms with Gasteiger partial charge in [-0.1, -0.05) is 18.6 Å². The molecule has 0 unspecified atom stereocenters. The third kappa shape index (κ3) is 2.95. The molecular weight excluding hydrogens is 338 g/mol. The Balaban J connectivity index is 1.41. The quantitative estimate of drug-likeness (QED) is 0.840. The number of benzene rings is 1. The maximum Gasteiger partial charge on any atom is 0.255 e. The van der Waals surface area contributed by atoms with E-state index in [1.165, 1.54) is 31.2 Å². The van der Waals surface area contributed by atoms with E-state index in [0.29, 0.717) is 17.9 Å². The number of aliphatic hydroxyl groups is 1. The van der Waals surface area contributed by atoms with E-state index >= 15 is 0 Å². The van der Waals surface area contributed by atoms with Gasteiger partial charge in [-0.15, -0.1) is 0 Å². The summed E-state index contributed by atoms with van der Waals surface area (Å²) >= 11 is 0. The van der Waals surface area contributed by atoms with E-state index in [2.05, 4.69) is 21.2 Å². The number of hydrogen-bond donors (Lipinski definition) is 2. The van der Waals surface area contributed by atoms with Gasteiger partial charge in [-0.05, 0) is 62.1 Å². The summed E-state index contributed by atoms with van der Waals surface area (Å²) in [5.74, 6) is 1.14. The number of para-hydroxylation sites is 1. The zero-order chi connectivity index (χ0) is 18.4. The van der Waals surface area contributed by atoms with Gasteiger partial charge in [0.25, 0.3) is 5.91 Å². The van der Waals surface area contributed by atoms with Crippen molar-refractivity contribution >= 4 is 11.6 Å². The van der Waals surface area contributed by atoms with E-state index < -0.39 is 0 Å². The summed E-state index contributed by atoms with van der Waals surface area (Å²) in [5, 5.41) is 13.6. The van der Waals surface area contributed by atoms with E-state index in [1.54, 1.807) is 0 Å². The number of anilines is 1. The van der Waals surface area contributed by atoms with Crippen LogP contribution in [0.15, 0.2) is 18.2 Å². The Morgan fingerprint density at radius 3 is 2.96 bits per heavy atom. The van der Waals surface area contributed by atoms with Crippen molar-refractivity contribution in [2.45, 2.75) is 50.6 Å². The maximum absolute atomic E-state index is 13.5. The highest BCUT2D eigenvalue weighted by atomic mass is 16.3. The first-order valence-corrected chi connectivity index (χ1v) is 10.8. The summed E-state index contributed by atoms with van der Waals surface area (Å²) in [4.78, 5) is 18.1. The number of nitrogens with zero attached hydrogens (tertiary/aromatic N) is 2. The fourth-order valence-corrected chi connectivity index (χ4v) is 6.18. The molecule has 4 aliphatic rings. The molecule has 3 fully saturated rings. The molecule has 4 heterocycles. The molecule has 2 bridgehead atoms. The summed E-state index contributed by atoms with van der Waals surface area (Å²) in [6, 6.07) is 6.93. The summed E-state index contributed by atoms with van der Waals surface area (Å²) in [6.45, 7) is 3.95. The van der Waals surface area contributed by atoms with Crippen LogP contribution in [-0.2, 0) is 6.42 Å². The number of likely N-dealkylation sites (tertiary alicyclic amines) is 1. The zero-order valence-electron chi connectivity index (χ0n) is 16.1. The van der Waals surface area contributed by atoms with Gasteiger partial charge in [0.15, 0.2) is 0 Å². The van der Waals surface area contributed by atoms with E-state index in [-0.39, 0.29) is 18.6 Å². The van der Waals surface area contributed by atoms with Gasteiger partial charge in [0.1, 0.15) is 0 Å². The van der Waals surface area contributed by atoms with Crippen molar-refractivity contribution in [3.8, 4) is 0 Å². The van der Waals surface area contributed by atoms with Crippen LogP contribution >= 0.6 is 0 Å². The summed E-state index contributed by atoms with van der Waals surface area (Å²) in [5.41, 5.74) is 3.17. The SMILES string of the molecule is O=C(c1cccc2c1NCCC2)N1C[C@H]2C[C@@H](C1)[C@H](CO)N1CCCC[C@@H]21. The Kier molecular flexibility index (Phi) is 4.60. The minimum atomic E-state index is 0.178. The molecule has 0 aliphatic carbocycles. The highest BCUT2D eigenvalue weighted by Gasteiger charge is 2.47. The van der Waals surface area contributed by atoms with Crippen LogP contribution in [0.25, 0.3) is 0 Å². The van der Waals surface area contributed by atoms with E-state index in [1.807, 2.05) is 12.1 Å². The number of amides is 1. The predicted octanol–water partition coefficient (Wildman–Crippen LogP) is 2.35. The smallest absolute Gasteiger partial charge is 0.255 e. The van der Waals surface area contributed by atoms with Crippen molar-refractivity contribution in [3.05, 3.63) is 29.3 Å². The summed E-state index contributed by atoms with van der Waals surface area (Å²) in [6.07, 6.45) is 7.10. The maximum atomic E-state index is 13.5. The van der Waals surface area contributed by atoms with Gasteiger partial charge >= 0.3 is 0 Å². The molecule has 3 saturated heterocycles. The van der Waals surface area contributed by atoms with Crippen molar-refractivity contribution in [1.82, 2.24) is 9.80 Å². The van der Waals surface area contributed by atoms with Crippen LogP contribution in [0.4, 0.5) is 5.69 Å². The molecule has 1 amide bonds. The van der Waals surface area contributed by atoms with Gasteiger partial charge in [-0.2, -0.15) is 0 Å². The van der Waals surface area contributed by atoms with Crippen molar-refractivity contribution in [2.75, 3.05) is 38.1 Å². The van der Waals surface area contributed by atoms with Crippen molar-refractivity contribution in [3.63, 3.8) is 0 Å². The topological polar surface area (TPSA) is 55.8 Å². The molecule has 1 aromatic rings. The van der Waals surface area contributed by atoms with E-state index in [4.69, 9.17) is 0 Å². The average Bonchev–Trinajstić information content (AvgIpc) is 2.73. The lowest BCUT2D eigenvalue weighted by Gasteiger charge is -2.56. The third-order valence-electron chi connectivity index (χ3n) is 7.40. The zero-order valence-corrected chi connectivity index (χ0v) is 16.1. The number of aryl methyl sites for hydroxylation is 1. The van der Waals surface area contributed by atoms with Crippen LogP contribution in [0.2, 0.25) is 0 Å². The van der Waals surface area contributed by atoms with Crippen molar-refractivity contribution in [2.24, 2.45) is 11.8 Å². The molecule has 0 aromatic heterocycles. The molecule has 4 atom stereocenters. The number of hydrogen-bond acceptors (Lipinski definition) is 4. The second-order valence-electron chi connectivity index (χ2n) is 8.89. The molecule has 2 N–H and O–H groups in total. The van der Waals surface area contributed by atoms with E-state index in [9.17, 15) is 9.90 Å². The number of carbonyl (C=O) groups is 1. The first kappa shape index (κ1) is 17.5. The Hall–Kier alpha value is -1.59. The largest absolute Gasteiger partial charge is 0.395 e. The molecule has 0 saturated carbocycles. The van der Waals surface area contributed by atoms with Crippen molar-refractivity contribution < 1.29 is 9.90 Å². The molecular formula is C22H31N3O2. The van der Waals surface area contributed by atoms with Gasteiger partial charge in [0.05, 0.1) is 17.9 Å². The minimum absolute atomic E-state index is 0.178. The fourth-order valence-electron chi connectivity index (χ4n) is 6.18. The molecule has 146 valence electrons. The van der Waals surface area contributed by atoms with E-state index in [0.717, 1.165) is 50.3 Å². The van der Waals surface area contributed by atoms with Crippen LogP contribution in [-0.4, -0.2) is 65.7 Å². The number of fused-ring (bicyclic) bond motifs is 5. The highest BCUT2D eigenvalue weighted by Crippen LogP contribution is 2.41. The molecule has 4 aliphatic heterocycles. The Bertz CT molecular complexity index is 708. The standard InChI is InChI=1S/C22H31N3O2/c26-14-20-17-11-16(19-8-1-2-10-25(19)20)12-24(13-17)22(27)18-7-3-5-15-6-4-9-23-21(15)18/h3,5,7,16-17,19-20,23,26H,1-2,4,6,8-14H2/t16-,17+,19+,20+/m1/s1. The molecule has 27 heavy (non-hydrogen) atoms. The van der Waals surface area contributed by atoms with Crippen LogP contribution in [0, 0.1) is 11.8 Å². The monoisotopic (exact) mass is 369 g/mol. The first-order valence-electron chi connectivity index (χ1n) is 10.8. The van der Waals surface area contributed by atoms with Gasteiger partial charge < -0.3 is 15.3 Å². The van der Waals surface area contributed by atoms with Crippen LogP contribution in [0.3, 0.4) is 0 Å². The Labute approximate surface area is 161 Å². The molecule has 5 heteroatoms. The first-order chi connectivity index (χ1) is 13.3. The second kappa shape index (κ2) is 7.10. The van der Waals surface area contributed by atoms with Crippen LogP contribution < -0.4 is 5.32 Å². The van der Waals surface area contributed by atoms with Gasteiger partial charge in [-0.25, -0.2) is 0 Å². The van der Waals surface area contributed by atoms with Gasteiger partial charge in [-0.3, -0.25) is 9.69 Å². The summed E-state index contributed by atoms with van der Waals surface area (Å²) < 4.78 is 0. The second-order valence-corrected chi connectivity index (χ2v) is 8.89. The fraction of sp³-hybridized carbons (Fsp3) is 0.682. The number of nitrogens with one attached hydrogen (secondary N) is 1. The lowest BCUT2D eigenvalue weighted by Crippen LogP contribution is -2.65. The summed E-state index contributed by atoms with van der Waals surface area (Å²) in [7, 11) is 0. The van der Waals surface area contributed by atoms with Gasteiger partial charge in [0.2, 0.25) is 0 Å². The molecule has 0 radical (unpaired) electrons. The highest BCUT2D eigenvalue weighted by molar-refractivity contribution is 6.00. The number of piperidine rings is 3. The van der Waals surface area contributed by atoms with Gasteiger partial charge in [0, 0.05) is 31.7 Å². The normalized spacial score (nSPS) is 33.0. The third-order valence-corrected chi connectivity index (χ3v) is 7.40. The average molecular weight is 370 g/mol. The molecule has 5 rings (SSSR count). The van der Waals surface area contributed by atoms with Crippen LogP contribution in [0.1, 0.15) is 48.0 Å². The minimum Gasteiger partial charge on any atom is -0.395 e. The van der Waals surface area contributed by atoms with Crippen LogP contribution in [0.5, 0.6) is 0 Å².